The van der Waals surface area contributed by atoms with Crippen molar-refractivity contribution in [2.75, 3.05) is 6.54 Å². The quantitative estimate of drug-likeness (QED) is 0.547. The second-order valence-electron chi connectivity index (χ2n) is 8.11. The van der Waals surface area contributed by atoms with Gasteiger partial charge in [-0.25, -0.2) is 0 Å². The molecule has 1 atom stereocenters. The van der Waals surface area contributed by atoms with E-state index in [1.54, 1.807) is 0 Å². The summed E-state index contributed by atoms with van der Waals surface area (Å²) in [5.41, 5.74) is 3.87. The molecule has 2 nitrogen and oxygen atoms in total. The number of nitrogens with zero attached hydrogens (tertiary/aromatic N) is 1. The number of halogens is 1. The second kappa shape index (κ2) is 13.4. The molecule has 1 aliphatic rings. The van der Waals surface area contributed by atoms with Crippen molar-refractivity contribution in [1.82, 2.24) is 5.32 Å². The van der Waals surface area contributed by atoms with Crippen LogP contribution >= 0.6 is 12.4 Å². The molecule has 158 valence electrons. The maximum atomic E-state index is 4.92. The van der Waals surface area contributed by atoms with E-state index < -0.39 is 0 Å². The monoisotopic (exact) mass is 412 g/mol. The van der Waals surface area contributed by atoms with Crippen LogP contribution in [0.2, 0.25) is 0 Å². The largest absolute Gasteiger partial charge is 0.367 e. The highest BCUT2D eigenvalue weighted by Gasteiger charge is 2.09. The lowest BCUT2D eigenvalue weighted by atomic mass is 10.0. The van der Waals surface area contributed by atoms with Crippen molar-refractivity contribution in [1.29, 1.82) is 0 Å². The molecule has 29 heavy (non-hydrogen) atoms. The van der Waals surface area contributed by atoms with Crippen molar-refractivity contribution in [3.8, 4) is 11.1 Å². The number of hydrogen-bond donors (Lipinski definition) is 1. The predicted molar refractivity (Wildman–Crippen MR) is 129 cm³/mol. The first kappa shape index (κ1) is 23.5. The van der Waals surface area contributed by atoms with E-state index in [1.807, 2.05) is 0 Å². The van der Waals surface area contributed by atoms with Crippen LogP contribution in [0.5, 0.6) is 0 Å². The summed E-state index contributed by atoms with van der Waals surface area (Å²) in [4.78, 5) is 4.92. The minimum atomic E-state index is 0. The van der Waals surface area contributed by atoms with Gasteiger partial charge in [0.25, 0.3) is 0 Å². The summed E-state index contributed by atoms with van der Waals surface area (Å²) in [6, 6.07) is 19.8. The van der Waals surface area contributed by atoms with Gasteiger partial charge >= 0.3 is 0 Å². The second-order valence-corrected chi connectivity index (χ2v) is 8.11. The van der Waals surface area contributed by atoms with Crippen molar-refractivity contribution in [2.24, 2.45) is 4.99 Å². The first-order valence-corrected chi connectivity index (χ1v) is 11.3. The average molecular weight is 413 g/mol. The lowest BCUT2D eigenvalue weighted by Crippen LogP contribution is -2.27. The fourth-order valence-electron chi connectivity index (χ4n) is 3.98. The van der Waals surface area contributed by atoms with Gasteiger partial charge in [0.05, 0.1) is 5.84 Å². The van der Waals surface area contributed by atoms with Crippen LogP contribution in [0.15, 0.2) is 59.6 Å². The minimum absolute atomic E-state index is 0. The molecule has 1 heterocycles. The van der Waals surface area contributed by atoms with Crippen molar-refractivity contribution in [3.63, 3.8) is 0 Å². The zero-order valence-electron chi connectivity index (χ0n) is 17.9. The van der Waals surface area contributed by atoms with Gasteiger partial charge in [0, 0.05) is 19.0 Å². The van der Waals surface area contributed by atoms with E-state index in [1.165, 1.54) is 80.3 Å². The predicted octanol–water partition coefficient (Wildman–Crippen LogP) is 7.74. The highest BCUT2D eigenvalue weighted by atomic mass is 35.5. The van der Waals surface area contributed by atoms with Crippen LogP contribution < -0.4 is 5.32 Å². The van der Waals surface area contributed by atoms with Crippen LogP contribution in [0.25, 0.3) is 11.1 Å². The Kier molecular flexibility index (Phi) is 10.9. The van der Waals surface area contributed by atoms with Crippen molar-refractivity contribution in [2.45, 2.75) is 77.2 Å². The zero-order chi connectivity index (χ0) is 19.4. The molecule has 0 saturated heterocycles. The molecule has 1 unspecified atom stereocenters. The Balaban J connectivity index is 0.00000300. The zero-order valence-corrected chi connectivity index (χ0v) is 18.7. The maximum Gasteiger partial charge on any atom is 0.0967 e. The average Bonchev–Trinajstić information content (AvgIpc) is 2.77. The van der Waals surface area contributed by atoms with Gasteiger partial charge in [0.2, 0.25) is 0 Å². The van der Waals surface area contributed by atoms with Crippen molar-refractivity contribution < 1.29 is 0 Å². The Morgan fingerprint density at radius 1 is 0.690 bits per heavy atom. The summed E-state index contributed by atoms with van der Waals surface area (Å²) in [5.74, 6) is 1.21. The van der Waals surface area contributed by atoms with Gasteiger partial charge in [-0.1, -0.05) is 99.5 Å². The standard InChI is InChI=1S/C26H36N2.ClH/c1-22(23-17-19-25(20-18-23)24-14-10-9-11-15-24)28-26-16-12-7-5-3-2-4-6-8-13-21-27-26;/h9-11,14-15,17-20,22H,2-8,12-13,16,21H2,1H3,(H,27,28);1H. The normalized spacial score (nSPS) is 17.5. The van der Waals surface area contributed by atoms with Gasteiger partial charge in [-0.2, -0.15) is 0 Å². The summed E-state index contributed by atoms with van der Waals surface area (Å²) in [5, 5.41) is 3.71. The maximum absolute atomic E-state index is 4.92. The van der Waals surface area contributed by atoms with E-state index in [4.69, 9.17) is 4.99 Å². The van der Waals surface area contributed by atoms with E-state index in [9.17, 15) is 0 Å². The highest BCUT2D eigenvalue weighted by molar-refractivity contribution is 5.85. The summed E-state index contributed by atoms with van der Waals surface area (Å²) in [6.45, 7) is 3.23. The van der Waals surface area contributed by atoms with Crippen molar-refractivity contribution >= 4 is 18.2 Å². The van der Waals surface area contributed by atoms with Gasteiger partial charge in [-0.15, -0.1) is 12.4 Å². The van der Waals surface area contributed by atoms with Gasteiger partial charge in [0.1, 0.15) is 0 Å². The first-order chi connectivity index (χ1) is 13.8. The molecule has 2 aromatic rings. The number of rotatable bonds is 3. The Bertz CT molecular complexity index is 709. The molecular formula is C26H37ClN2. The van der Waals surface area contributed by atoms with E-state index in [-0.39, 0.29) is 12.4 Å². The fourth-order valence-corrected chi connectivity index (χ4v) is 3.98. The van der Waals surface area contributed by atoms with Crippen LogP contribution in [0.4, 0.5) is 0 Å². The molecule has 0 bridgehead atoms. The van der Waals surface area contributed by atoms with Crippen LogP contribution in [-0.2, 0) is 0 Å². The number of hydrogen-bond acceptors (Lipinski definition) is 2. The van der Waals surface area contributed by atoms with Crippen LogP contribution in [0.1, 0.15) is 82.7 Å². The Hall–Kier alpha value is -1.80. The third kappa shape index (κ3) is 8.22. The molecule has 1 aliphatic heterocycles. The topological polar surface area (TPSA) is 24.4 Å². The SMILES string of the molecule is CC(NC1=NCCCCCCCCCCC1)c1ccc(-c2ccccc2)cc1.Cl. The molecule has 0 radical (unpaired) electrons. The van der Waals surface area contributed by atoms with E-state index >= 15 is 0 Å². The summed E-state index contributed by atoms with van der Waals surface area (Å²) >= 11 is 0. The molecule has 0 fully saturated rings. The smallest absolute Gasteiger partial charge is 0.0967 e. The molecule has 3 rings (SSSR count). The molecular weight excluding hydrogens is 376 g/mol. The first-order valence-electron chi connectivity index (χ1n) is 11.3. The van der Waals surface area contributed by atoms with Crippen LogP contribution in [0.3, 0.4) is 0 Å². The number of benzene rings is 2. The third-order valence-corrected chi connectivity index (χ3v) is 5.78. The molecule has 0 amide bonds. The number of amidine groups is 1. The minimum Gasteiger partial charge on any atom is -0.367 e. The number of aliphatic imine (C=N–C) groups is 1. The lowest BCUT2D eigenvalue weighted by molar-refractivity contribution is 0.566. The Labute approximate surface area is 183 Å². The highest BCUT2D eigenvalue weighted by Crippen LogP contribution is 2.22. The van der Waals surface area contributed by atoms with Gasteiger partial charge in [-0.3, -0.25) is 4.99 Å². The molecule has 0 saturated carbocycles. The van der Waals surface area contributed by atoms with Crippen LogP contribution in [-0.4, -0.2) is 12.4 Å². The Morgan fingerprint density at radius 2 is 1.24 bits per heavy atom. The summed E-state index contributed by atoms with van der Waals surface area (Å²) in [6.07, 6.45) is 13.2. The molecule has 1 N–H and O–H groups in total. The summed E-state index contributed by atoms with van der Waals surface area (Å²) < 4.78 is 0. The Morgan fingerprint density at radius 3 is 1.90 bits per heavy atom. The molecule has 0 aromatic heterocycles. The molecule has 3 heteroatoms. The van der Waals surface area contributed by atoms with E-state index in [2.05, 4.69) is 66.8 Å². The van der Waals surface area contributed by atoms with Gasteiger partial charge < -0.3 is 5.32 Å². The van der Waals surface area contributed by atoms with Crippen molar-refractivity contribution in [3.05, 3.63) is 60.2 Å². The molecule has 2 aromatic carbocycles. The summed E-state index contributed by atoms with van der Waals surface area (Å²) in [7, 11) is 0. The van der Waals surface area contributed by atoms with Gasteiger partial charge in [-0.05, 0) is 36.5 Å². The molecule has 0 spiro atoms. The molecule has 0 aliphatic carbocycles. The lowest BCUT2D eigenvalue weighted by Gasteiger charge is -2.18. The number of nitrogens with one attached hydrogen (secondary N) is 1. The van der Waals surface area contributed by atoms with Gasteiger partial charge in [0.15, 0.2) is 0 Å². The van der Waals surface area contributed by atoms with E-state index in [0.29, 0.717) is 6.04 Å². The third-order valence-electron chi connectivity index (χ3n) is 5.78. The fraction of sp³-hybridized carbons (Fsp3) is 0.500. The van der Waals surface area contributed by atoms with Crippen LogP contribution in [0, 0.1) is 0 Å². The van der Waals surface area contributed by atoms with E-state index in [0.717, 1.165) is 13.0 Å².